The maximum absolute atomic E-state index is 12.8. The molecule has 1 aromatic carbocycles. The van der Waals surface area contributed by atoms with Crippen molar-refractivity contribution in [2.45, 2.75) is 57.7 Å². The predicted octanol–water partition coefficient (Wildman–Crippen LogP) is 5.18. The monoisotopic (exact) mass is 452 g/mol. The van der Waals surface area contributed by atoms with Crippen LogP contribution in [0.4, 0.5) is 18.9 Å². The molecule has 0 amide bonds. The van der Waals surface area contributed by atoms with Crippen molar-refractivity contribution < 1.29 is 17.9 Å². The van der Waals surface area contributed by atoms with Crippen LogP contribution in [0.3, 0.4) is 0 Å². The van der Waals surface area contributed by atoms with Crippen LogP contribution in [0, 0.1) is 3.70 Å². The Morgan fingerprint density at radius 1 is 1.25 bits per heavy atom. The first-order valence-corrected chi connectivity index (χ1v) is 9.07. The second kappa shape index (κ2) is 6.74. The van der Waals surface area contributed by atoms with Gasteiger partial charge in [0.2, 0.25) is 0 Å². The minimum absolute atomic E-state index is 0.181. The average Bonchev–Trinajstić information content (AvgIpc) is 2.74. The number of alkyl halides is 3. The van der Waals surface area contributed by atoms with Gasteiger partial charge in [0, 0.05) is 17.1 Å². The number of hydrogen-bond donors (Lipinski definition) is 1. The van der Waals surface area contributed by atoms with Gasteiger partial charge in [-0.3, -0.25) is 0 Å². The van der Waals surface area contributed by atoms with Crippen molar-refractivity contribution in [1.29, 1.82) is 0 Å². The van der Waals surface area contributed by atoms with Gasteiger partial charge in [-0.05, 0) is 67.5 Å². The van der Waals surface area contributed by atoms with Gasteiger partial charge in [0.05, 0.1) is 21.4 Å². The van der Waals surface area contributed by atoms with Gasteiger partial charge < -0.3 is 14.6 Å². The van der Waals surface area contributed by atoms with Crippen LogP contribution in [0.25, 0.3) is 10.9 Å². The zero-order valence-electron chi connectivity index (χ0n) is 13.5. The summed E-state index contributed by atoms with van der Waals surface area (Å²) in [5, 5.41) is 4.34. The van der Waals surface area contributed by atoms with Gasteiger partial charge in [-0.1, -0.05) is 6.07 Å². The summed E-state index contributed by atoms with van der Waals surface area (Å²) < 4.78 is 46.1. The van der Waals surface area contributed by atoms with E-state index < -0.39 is 12.7 Å². The molecule has 0 spiro atoms. The average molecular weight is 452 g/mol. The highest BCUT2D eigenvalue weighted by atomic mass is 127. The smallest absolute Gasteiger partial charge is 0.382 e. The lowest BCUT2D eigenvalue weighted by atomic mass is 9.99. The molecule has 1 aromatic heterocycles. The van der Waals surface area contributed by atoms with Crippen molar-refractivity contribution >= 4 is 39.2 Å². The summed E-state index contributed by atoms with van der Waals surface area (Å²) in [4.78, 5) is 0. The van der Waals surface area contributed by atoms with Crippen LogP contribution in [0.15, 0.2) is 24.3 Å². The third-order valence-electron chi connectivity index (χ3n) is 4.29. The predicted molar refractivity (Wildman–Crippen MR) is 97.4 cm³/mol. The number of nitrogens with zero attached hydrogens (tertiary/aromatic N) is 1. The number of hydrogen-bond acceptors (Lipinski definition) is 2. The van der Waals surface area contributed by atoms with E-state index in [-0.39, 0.29) is 18.2 Å². The number of nitrogens with one attached hydrogen (secondary N) is 1. The van der Waals surface area contributed by atoms with E-state index in [1.165, 1.54) is 4.57 Å². The molecule has 3 rings (SSSR count). The number of halogens is 4. The van der Waals surface area contributed by atoms with Gasteiger partial charge in [0.25, 0.3) is 0 Å². The molecule has 3 nitrogen and oxygen atoms in total. The minimum Gasteiger partial charge on any atom is -0.382 e. The molecule has 1 saturated heterocycles. The molecule has 24 heavy (non-hydrogen) atoms. The Labute approximate surface area is 152 Å². The standard InChI is InChI=1S/C17H20F3IN2O/c1-10-6-12(7-11(2)24-10)22-14-4-3-5-15-13(14)8-16(21)23(15)9-17(18,19)20/h3-5,8,10-12,22H,6-7,9H2,1-2H3/t10-,11+,12?. The summed E-state index contributed by atoms with van der Waals surface area (Å²) in [5.41, 5.74) is 1.49. The van der Waals surface area contributed by atoms with Crippen LogP contribution in [0.5, 0.6) is 0 Å². The van der Waals surface area contributed by atoms with Crippen LogP contribution >= 0.6 is 22.6 Å². The quantitative estimate of drug-likeness (QED) is 0.651. The van der Waals surface area contributed by atoms with E-state index in [1.54, 1.807) is 12.1 Å². The van der Waals surface area contributed by atoms with Crippen molar-refractivity contribution in [2.24, 2.45) is 0 Å². The summed E-state index contributed by atoms with van der Waals surface area (Å²) in [6.45, 7) is 3.13. The lowest BCUT2D eigenvalue weighted by Gasteiger charge is -2.33. The Morgan fingerprint density at radius 2 is 1.92 bits per heavy atom. The van der Waals surface area contributed by atoms with E-state index in [1.807, 2.05) is 48.6 Å². The Morgan fingerprint density at radius 3 is 2.54 bits per heavy atom. The van der Waals surface area contributed by atoms with Crippen LogP contribution in [0.1, 0.15) is 26.7 Å². The molecular weight excluding hydrogens is 432 g/mol. The maximum Gasteiger partial charge on any atom is 0.406 e. The molecule has 7 heteroatoms. The van der Waals surface area contributed by atoms with Crippen LogP contribution < -0.4 is 5.32 Å². The fourth-order valence-electron chi connectivity index (χ4n) is 3.46. The van der Waals surface area contributed by atoms with E-state index in [9.17, 15) is 13.2 Å². The summed E-state index contributed by atoms with van der Waals surface area (Å²) in [6, 6.07) is 7.55. The largest absolute Gasteiger partial charge is 0.406 e. The number of aromatic nitrogens is 1. The lowest BCUT2D eigenvalue weighted by molar-refractivity contribution is -0.140. The molecule has 1 unspecified atom stereocenters. The van der Waals surface area contributed by atoms with Gasteiger partial charge in [0.15, 0.2) is 0 Å². The molecule has 132 valence electrons. The fourth-order valence-corrected chi connectivity index (χ4v) is 4.20. The molecule has 1 N–H and O–H groups in total. The number of rotatable bonds is 3. The first kappa shape index (κ1) is 17.8. The second-order valence-corrected chi connectivity index (χ2v) is 7.58. The van der Waals surface area contributed by atoms with E-state index in [4.69, 9.17) is 4.74 Å². The Bertz CT molecular complexity index is 718. The van der Waals surface area contributed by atoms with Crippen LogP contribution in [-0.4, -0.2) is 29.0 Å². The highest BCUT2D eigenvalue weighted by molar-refractivity contribution is 14.1. The fraction of sp³-hybridized carbons (Fsp3) is 0.529. The SMILES string of the molecule is C[C@@H]1CC(Nc2cccc3c2cc(I)n3CC(F)(F)F)C[C@H](C)O1. The van der Waals surface area contributed by atoms with Crippen molar-refractivity contribution in [1.82, 2.24) is 4.57 Å². The van der Waals surface area contributed by atoms with Gasteiger partial charge in [-0.15, -0.1) is 0 Å². The normalized spacial score (nSPS) is 25.2. The summed E-state index contributed by atoms with van der Waals surface area (Å²) >= 11 is 1.96. The second-order valence-electron chi connectivity index (χ2n) is 6.48. The number of benzene rings is 1. The zero-order valence-corrected chi connectivity index (χ0v) is 15.7. The number of anilines is 1. The number of ether oxygens (including phenoxy) is 1. The third kappa shape index (κ3) is 3.99. The molecule has 2 heterocycles. The Kier molecular flexibility index (Phi) is 5.01. The molecule has 0 radical (unpaired) electrons. The molecule has 1 fully saturated rings. The summed E-state index contributed by atoms with van der Waals surface area (Å²) in [7, 11) is 0. The minimum atomic E-state index is -4.24. The molecular formula is C17H20F3IN2O. The van der Waals surface area contributed by atoms with E-state index in [2.05, 4.69) is 5.32 Å². The van der Waals surface area contributed by atoms with Gasteiger partial charge in [-0.2, -0.15) is 13.2 Å². The molecule has 0 bridgehead atoms. The van der Waals surface area contributed by atoms with Gasteiger partial charge in [0.1, 0.15) is 6.54 Å². The lowest BCUT2D eigenvalue weighted by Crippen LogP contribution is -2.36. The first-order chi connectivity index (χ1) is 11.2. The van der Waals surface area contributed by atoms with Crippen molar-refractivity contribution in [3.63, 3.8) is 0 Å². The third-order valence-corrected chi connectivity index (χ3v) is 5.18. The highest BCUT2D eigenvalue weighted by Gasteiger charge is 2.30. The van der Waals surface area contributed by atoms with Gasteiger partial charge in [-0.25, -0.2) is 0 Å². The summed E-state index contributed by atoms with van der Waals surface area (Å²) in [6.07, 6.45) is -2.09. The van der Waals surface area contributed by atoms with E-state index in [0.29, 0.717) is 9.22 Å². The van der Waals surface area contributed by atoms with Crippen molar-refractivity contribution in [3.8, 4) is 0 Å². The highest BCUT2D eigenvalue weighted by Crippen LogP contribution is 2.32. The van der Waals surface area contributed by atoms with E-state index in [0.717, 1.165) is 23.9 Å². The molecule has 3 atom stereocenters. The van der Waals surface area contributed by atoms with Gasteiger partial charge >= 0.3 is 6.18 Å². The maximum atomic E-state index is 12.8. The number of fused-ring (bicyclic) bond motifs is 1. The Balaban J connectivity index is 1.91. The molecule has 0 saturated carbocycles. The van der Waals surface area contributed by atoms with Crippen molar-refractivity contribution in [2.75, 3.05) is 5.32 Å². The molecule has 0 aliphatic carbocycles. The summed E-state index contributed by atoms with van der Waals surface area (Å²) in [5.74, 6) is 0. The topological polar surface area (TPSA) is 26.2 Å². The van der Waals surface area contributed by atoms with Crippen molar-refractivity contribution in [3.05, 3.63) is 28.0 Å². The first-order valence-electron chi connectivity index (χ1n) is 7.99. The van der Waals surface area contributed by atoms with E-state index >= 15 is 0 Å². The molecule has 2 aromatic rings. The zero-order chi connectivity index (χ0) is 17.5. The molecule has 1 aliphatic rings. The van der Waals surface area contributed by atoms with Crippen LogP contribution in [-0.2, 0) is 11.3 Å². The van der Waals surface area contributed by atoms with Crippen LogP contribution in [0.2, 0.25) is 0 Å². The molecule has 1 aliphatic heterocycles. The Hall–Kier alpha value is -0.960.